The lowest BCUT2D eigenvalue weighted by Gasteiger charge is -2.21. The first-order valence-electron chi connectivity index (χ1n) is 6.75. The van der Waals surface area contributed by atoms with Crippen molar-refractivity contribution in [1.29, 1.82) is 0 Å². The first kappa shape index (κ1) is 17.1. The van der Waals surface area contributed by atoms with Gasteiger partial charge in [-0.2, -0.15) is 0 Å². The topological polar surface area (TPSA) is 89.1 Å². The number of nitrogens with zero attached hydrogens (tertiary/aromatic N) is 1. The van der Waals surface area contributed by atoms with Gasteiger partial charge in [0.1, 0.15) is 17.6 Å². The Morgan fingerprint density at radius 1 is 1.33 bits per heavy atom. The standard InChI is InChI=1S/C15H25N3O3/c1-15(2,3)18-14(16)17-9-12(19)11-8-10(20-4)6-7-13(11)21-5/h6-8,12,19H,9H2,1-5H3,(H3,16,17,18). The summed E-state index contributed by atoms with van der Waals surface area (Å²) in [4.78, 5) is 4.15. The van der Waals surface area contributed by atoms with E-state index in [-0.39, 0.29) is 12.1 Å². The Kier molecular flexibility index (Phi) is 5.84. The average Bonchev–Trinajstić information content (AvgIpc) is 2.42. The van der Waals surface area contributed by atoms with Gasteiger partial charge in [-0.15, -0.1) is 0 Å². The third-order valence-electron chi connectivity index (χ3n) is 2.73. The molecule has 118 valence electrons. The van der Waals surface area contributed by atoms with Crippen LogP contribution in [0.1, 0.15) is 32.4 Å². The second kappa shape index (κ2) is 7.17. The van der Waals surface area contributed by atoms with Gasteiger partial charge < -0.3 is 25.6 Å². The number of ether oxygens (including phenoxy) is 2. The molecular formula is C15H25N3O3. The molecule has 1 aromatic rings. The largest absolute Gasteiger partial charge is 0.497 e. The molecule has 1 aromatic carbocycles. The van der Waals surface area contributed by atoms with E-state index in [0.29, 0.717) is 23.0 Å². The summed E-state index contributed by atoms with van der Waals surface area (Å²) in [5.74, 6) is 1.53. The molecule has 4 N–H and O–H groups in total. The number of benzene rings is 1. The number of hydrogen-bond donors (Lipinski definition) is 3. The summed E-state index contributed by atoms with van der Waals surface area (Å²) < 4.78 is 10.4. The first-order chi connectivity index (χ1) is 9.76. The maximum absolute atomic E-state index is 10.3. The zero-order chi connectivity index (χ0) is 16.0. The molecule has 6 nitrogen and oxygen atoms in total. The zero-order valence-corrected chi connectivity index (χ0v) is 13.3. The van der Waals surface area contributed by atoms with Gasteiger partial charge in [0.25, 0.3) is 0 Å². The molecule has 1 unspecified atom stereocenters. The fourth-order valence-electron chi connectivity index (χ4n) is 1.81. The van der Waals surface area contributed by atoms with Crippen molar-refractivity contribution < 1.29 is 14.6 Å². The first-order valence-corrected chi connectivity index (χ1v) is 6.75. The summed E-state index contributed by atoms with van der Waals surface area (Å²) in [5, 5.41) is 13.3. The second-order valence-corrected chi connectivity index (χ2v) is 5.72. The lowest BCUT2D eigenvalue weighted by Crippen LogP contribution is -2.45. The number of aliphatic hydroxyl groups is 1. The fourth-order valence-corrected chi connectivity index (χ4v) is 1.81. The molecule has 0 radical (unpaired) electrons. The van der Waals surface area contributed by atoms with Gasteiger partial charge in [-0.25, -0.2) is 0 Å². The SMILES string of the molecule is COc1ccc(OC)c(C(O)CN=C(N)NC(C)(C)C)c1. The van der Waals surface area contributed by atoms with E-state index in [0.717, 1.165) is 0 Å². The minimum atomic E-state index is -0.824. The van der Waals surface area contributed by atoms with E-state index < -0.39 is 6.10 Å². The fraction of sp³-hybridized carbons (Fsp3) is 0.533. The Morgan fingerprint density at radius 3 is 2.52 bits per heavy atom. The second-order valence-electron chi connectivity index (χ2n) is 5.72. The summed E-state index contributed by atoms with van der Waals surface area (Å²) in [6.07, 6.45) is -0.824. The van der Waals surface area contributed by atoms with Crippen LogP contribution in [0.3, 0.4) is 0 Å². The van der Waals surface area contributed by atoms with Crippen molar-refractivity contribution >= 4 is 5.96 Å². The predicted molar refractivity (Wildman–Crippen MR) is 83.9 cm³/mol. The van der Waals surface area contributed by atoms with Crippen LogP contribution < -0.4 is 20.5 Å². The Balaban J connectivity index is 2.84. The third kappa shape index (κ3) is 5.51. The van der Waals surface area contributed by atoms with E-state index in [1.165, 1.54) is 0 Å². The summed E-state index contributed by atoms with van der Waals surface area (Å²) in [6, 6.07) is 5.25. The van der Waals surface area contributed by atoms with Gasteiger partial charge in [-0.1, -0.05) is 0 Å². The molecule has 0 saturated carbocycles. The van der Waals surface area contributed by atoms with E-state index in [4.69, 9.17) is 15.2 Å². The van der Waals surface area contributed by atoms with Crippen molar-refractivity contribution in [2.45, 2.75) is 32.4 Å². The number of methoxy groups -OCH3 is 2. The molecule has 1 rings (SSSR count). The van der Waals surface area contributed by atoms with Gasteiger partial charge in [0.15, 0.2) is 5.96 Å². The molecule has 6 heteroatoms. The minimum absolute atomic E-state index is 0.137. The van der Waals surface area contributed by atoms with E-state index in [2.05, 4.69) is 10.3 Å². The Labute approximate surface area is 126 Å². The van der Waals surface area contributed by atoms with Crippen molar-refractivity contribution in [3.05, 3.63) is 23.8 Å². The Hall–Kier alpha value is -1.95. The van der Waals surface area contributed by atoms with Gasteiger partial charge in [0.05, 0.1) is 20.8 Å². The highest BCUT2D eigenvalue weighted by molar-refractivity contribution is 5.78. The average molecular weight is 295 g/mol. The number of nitrogens with two attached hydrogens (primary N) is 1. The van der Waals surface area contributed by atoms with Crippen LogP contribution in [0.4, 0.5) is 0 Å². The molecule has 21 heavy (non-hydrogen) atoms. The van der Waals surface area contributed by atoms with E-state index >= 15 is 0 Å². The molecule has 1 atom stereocenters. The molecule has 0 aliphatic rings. The lowest BCUT2D eigenvalue weighted by atomic mass is 10.1. The molecule has 0 fully saturated rings. The molecule has 0 aromatic heterocycles. The van der Waals surface area contributed by atoms with Crippen molar-refractivity contribution in [3.8, 4) is 11.5 Å². The number of rotatable bonds is 5. The Bertz CT molecular complexity index is 495. The number of aliphatic hydroxyl groups excluding tert-OH is 1. The molecular weight excluding hydrogens is 270 g/mol. The van der Waals surface area contributed by atoms with Crippen LogP contribution in [0.25, 0.3) is 0 Å². The van der Waals surface area contributed by atoms with Crippen LogP contribution >= 0.6 is 0 Å². The minimum Gasteiger partial charge on any atom is -0.497 e. The zero-order valence-electron chi connectivity index (χ0n) is 13.3. The highest BCUT2D eigenvalue weighted by Crippen LogP contribution is 2.29. The van der Waals surface area contributed by atoms with Crippen molar-refractivity contribution in [1.82, 2.24) is 5.32 Å². The number of hydrogen-bond acceptors (Lipinski definition) is 4. The van der Waals surface area contributed by atoms with E-state index in [1.807, 2.05) is 20.8 Å². The molecule has 0 heterocycles. The summed E-state index contributed by atoms with van der Waals surface area (Å²) in [5.41, 5.74) is 6.23. The highest BCUT2D eigenvalue weighted by Gasteiger charge is 2.15. The monoisotopic (exact) mass is 295 g/mol. The maximum atomic E-state index is 10.3. The molecule has 0 aliphatic heterocycles. The molecule has 0 spiro atoms. The van der Waals surface area contributed by atoms with Crippen molar-refractivity contribution in [2.75, 3.05) is 20.8 Å². The molecule has 0 bridgehead atoms. The number of aliphatic imine (C=N–C) groups is 1. The molecule has 0 amide bonds. The van der Waals surface area contributed by atoms with Crippen LogP contribution in [0, 0.1) is 0 Å². The van der Waals surface area contributed by atoms with Crippen LogP contribution in [0.15, 0.2) is 23.2 Å². The quantitative estimate of drug-likeness (QED) is 0.565. The van der Waals surface area contributed by atoms with Gasteiger partial charge >= 0.3 is 0 Å². The molecule has 0 aliphatic carbocycles. The smallest absolute Gasteiger partial charge is 0.189 e. The summed E-state index contributed by atoms with van der Waals surface area (Å²) >= 11 is 0. The maximum Gasteiger partial charge on any atom is 0.189 e. The van der Waals surface area contributed by atoms with Gasteiger partial charge in [0.2, 0.25) is 0 Å². The lowest BCUT2D eigenvalue weighted by molar-refractivity contribution is 0.182. The third-order valence-corrected chi connectivity index (χ3v) is 2.73. The van der Waals surface area contributed by atoms with Gasteiger partial charge in [-0.05, 0) is 39.0 Å². The van der Waals surface area contributed by atoms with Gasteiger partial charge in [-0.3, -0.25) is 4.99 Å². The number of guanidine groups is 1. The van der Waals surface area contributed by atoms with Crippen LogP contribution in [0.5, 0.6) is 11.5 Å². The highest BCUT2D eigenvalue weighted by atomic mass is 16.5. The summed E-state index contributed by atoms with van der Waals surface area (Å²) in [6.45, 7) is 6.09. The van der Waals surface area contributed by atoms with Crippen LogP contribution in [-0.4, -0.2) is 37.4 Å². The van der Waals surface area contributed by atoms with E-state index in [9.17, 15) is 5.11 Å². The van der Waals surface area contributed by atoms with Crippen molar-refractivity contribution in [3.63, 3.8) is 0 Å². The predicted octanol–water partition coefficient (Wildman–Crippen LogP) is 1.44. The molecule has 0 saturated heterocycles. The van der Waals surface area contributed by atoms with Crippen molar-refractivity contribution in [2.24, 2.45) is 10.7 Å². The van der Waals surface area contributed by atoms with E-state index in [1.54, 1.807) is 32.4 Å². The van der Waals surface area contributed by atoms with Gasteiger partial charge in [0, 0.05) is 11.1 Å². The Morgan fingerprint density at radius 2 is 2.00 bits per heavy atom. The van der Waals surface area contributed by atoms with Crippen LogP contribution in [0.2, 0.25) is 0 Å². The summed E-state index contributed by atoms with van der Waals surface area (Å²) in [7, 11) is 3.12. The number of nitrogens with one attached hydrogen (secondary N) is 1. The normalized spacial score (nSPS) is 13.7. The van der Waals surface area contributed by atoms with Crippen LogP contribution in [-0.2, 0) is 0 Å².